The predicted molar refractivity (Wildman–Crippen MR) is 81.5 cm³/mol. The Kier molecular flexibility index (Phi) is 5.63. The largest absolute Gasteiger partial charge is 0.397 e. The Balaban J connectivity index is 2.75. The van der Waals surface area contributed by atoms with Gasteiger partial charge in [0.05, 0.1) is 16.8 Å². The summed E-state index contributed by atoms with van der Waals surface area (Å²) in [5, 5.41) is 3.35. The summed E-state index contributed by atoms with van der Waals surface area (Å²) >= 11 is 5.85. The highest BCUT2D eigenvalue weighted by molar-refractivity contribution is 6.33. The Morgan fingerprint density at radius 3 is 2.53 bits per heavy atom. The van der Waals surface area contributed by atoms with E-state index in [1.54, 1.807) is 18.2 Å². The molecule has 1 amide bonds. The Labute approximate surface area is 119 Å². The van der Waals surface area contributed by atoms with Crippen LogP contribution in [0, 0.1) is 0 Å². The van der Waals surface area contributed by atoms with E-state index >= 15 is 0 Å². The summed E-state index contributed by atoms with van der Waals surface area (Å²) in [4.78, 5) is 14.3. The van der Waals surface area contributed by atoms with Crippen molar-refractivity contribution in [3.8, 4) is 0 Å². The van der Waals surface area contributed by atoms with E-state index in [1.807, 2.05) is 13.8 Å². The van der Waals surface area contributed by atoms with Crippen LogP contribution >= 0.6 is 11.6 Å². The van der Waals surface area contributed by atoms with E-state index in [4.69, 9.17) is 17.3 Å². The van der Waals surface area contributed by atoms with Crippen LogP contribution in [0.2, 0.25) is 5.02 Å². The average molecular weight is 284 g/mol. The molecule has 0 saturated carbocycles. The summed E-state index contributed by atoms with van der Waals surface area (Å²) in [6, 6.07) is 5.22. The van der Waals surface area contributed by atoms with Crippen LogP contribution in [0.15, 0.2) is 18.2 Å². The molecule has 1 atom stereocenters. The van der Waals surface area contributed by atoms with E-state index in [-0.39, 0.29) is 11.9 Å². The summed E-state index contributed by atoms with van der Waals surface area (Å²) in [7, 11) is 0. The monoisotopic (exact) mass is 283 g/mol. The van der Waals surface area contributed by atoms with E-state index in [2.05, 4.69) is 24.1 Å². The minimum absolute atomic E-state index is 0.0442. The van der Waals surface area contributed by atoms with Gasteiger partial charge in [0, 0.05) is 11.7 Å². The number of likely N-dealkylation sites (N-methyl/N-ethyl adjacent to an activating group) is 1. The summed E-state index contributed by atoms with van der Waals surface area (Å²) in [5.41, 5.74) is 6.84. The first-order chi connectivity index (χ1) is 8.86. The molecule has 5 heteroatoms. The lowest BCUT2D eigenvalue weighted by atomic mass is 10.2. The Bertz CT molecular complexity index is 448. The highest BCUT2D eigenvalue weighted by Crippen LogP contribution is 2.22. The molecule has 19 heavy (non-hydrogen) atoms. The number of nitrogen functional groups attached to an aromatic ring is 1. The summed E-state index contributed by atoms with van der Waals surface area (Å²) in [5.74, 6) is -0.0442. The zero-order chi connectivity index (χ0) is 14.6. The van der Waals surface area contributed by atoms with Crippen LogP contribution in [-0.2, 0) is 4.79 Å². The molecule has 1 aromatic carbocycles. The number of nitrogens with two attached hydrogens (primary N) is 1. The molecular formula is C14H22ClN3O. The molecule has 0 spiro atoms. The summed E-state index contributed by atoms with van der Waals surface area (Å²) < 4.78 is 0. The van der Waals surface area contributed by atoms with Gasteiger partial charge in [-0.3, -0.25) is 9.69 Å². The molecule has 0 aliphatic heterocycles. The molecule has 0 aliphatic carbocycles. The van der Waals surface area contributed by atoms with Gasteiger partial charge < -0.3 is 11.1 Å². The lowest BCUT2D eigenvalue weighted by molar-refractivity contribution is -0.121. The first kappa shape index (κ1) is 15.8. The molecule has 1 unspecified atom stereocenters. The molecule has 106 valence electrons. The average Bonchev–Trinajstić information content (AvgIpc) is 2.34. The topological polar surface area (TPSA) is 58.4 Å². The van der Waals surface area contributed by atoms with Crippen molar-refractivity contribution in [2.24, 2.45) is 0 Å². The fraction of sp³-hybridized carbons (Fsp3) is 0.500. The van der Waals surface area contributed by atoms with Crippen molar-refractivity contribution in [3.05, 3.63) is 23.2 Å². The summed E-state index contributed by atoms with van der Waals surface area (Å²) in [6.07, 6.45) is 0. The van der Waals surface area contributed by atoms with Crippen LogP contribution in [0.3, 0.4) is 0 Å². The van der Waals surface area contributed by atoms with Crippen LogP contribution < -0.4 is 11.1 Å². The smallest absolute Gasteiger partial charge is 0.241 e. The van der Waals surface area contributed by atoms with Crippen LogP contribution in [-0.4, -0.2) is 29.4 Å². The maximum atomic E-state index is 12.2. The molecule has 0 aromatic heterocycles. The second kappa shape index (κ2) is 6.78. The van der Waals surface area contributed by atoms with E-state index in [0.717, 1.165) is 6.54 Å². The molecule has 0 aliphatic rings. The zero-order valence-corrected chi connectivity index (χ0v) is 12.7. The molecule has 1 aromatic rings. The second-order valence-corrected chi connectivity index (χ2v) is 5.23. The minimum Gasteiger partial charge on any atom is -0.397 e. The standard InChI is InChI=1S/C14H22ClN3O/c1-5-18(9(2)3)10(4)14(19)17-11-6-7-12(15)13(16)8-11/h6-10H,5,16H2,1-4H3,(H,17,19). The molecule has 0 radical (unpaired) electrons. The van der Waals surface area contributed by atoms with Crippen molar-refractivity contribution in [1.82, 2.24) is 4.90 Å². The van der Waals surface area contributed by atoms with E-state index in [9.17, 15) is 4.79 Å². The van der Waals surface area contributed by atoms with Crippen LogP contribution in [0.4, 0.5) is 11.4 Å². The minimum atomic E-state index is -0.193. The van der Waals surface area contributed by atoms with E-state index in [0.29, 0.717) is 22.4 Å². The van der Waals surface area contributed by atoms with Crippen LogP contribution in [0.25, 0.3) is 0 Å². The molecule has 4 nitrogen and oxygen atoms in total. The van der Waals surface area contributed by atoms with Crippen molar-refractivity contribution in [1.29, 1.82) is 0 Å². The van der Waals surface area contributed by atoms with Crippen molar-refractivity contribution >= 4 is 28.9 Å². The number of carbonyl (C=O) groups excluding carboxylic acids is 1. The number of nitrogens with zero attached hydrogens (tertiary/aromatic N) is 1. The van der Waals surface area contributed by atoms with Crippen LogP contribution in [0.5, 0.6) is 0 Å². The number of carbonyl (C=O) groups is 1. The Morgan fingerprint density at radius 1 is 1.42 bits per heavy atom. The number of hydrogen-bond acceptors (Lipinski definition) is 3. The highest BCUT2D eigenvalue weighted by Gasteiger charge is 2.22. The Morgan fingerprint density at radius 2 is 2.05 bits per heavy atom. The van der Waals surface area contributed by atoms with Gasteiger partial charge in [0.25, 0.3) is 0 Å². The first-order valence-electron chi connectivity index (χ1n) is 6.48. The van der Waals surface area contributed by atoms with Gasteiger partial charge in [-0.05, 0) is 45.5 Å². The van der Waals surface area contributed by atoms with Gasteiger partial charge in [0.15, 0.2) is 0 Å². The quantitative estimate of drug-likeness (QED) is 0.817. The Hall–Kier alpha value is -1.26. The maximum absolute atomic E-state index is 12.2. The number of nitrogens with one attached hydrogen (secondary N) is 1. The number of anilines is 2. The first-order valence-corrected chi connectivity index (χ1v) is 6.86. The van der Waals surface area contributed by atoms with Crippen molar-refractivity contribution < 1.29 is 4.79 Å². The lowest BCUT2D eigenvalue weighted by Gasteiger charge is -2.30. The zero-order valence-electron chi connectivity index (χ0n) is 11.9. The molecule has 1 rings (SSSR count). The van der Waals surface area contributed by atoms with Gasteiger partial charge in [-0.15, -0.1) is 0 Å². The molecule has 0 bridgehead atoms. The lowest BCUT2D eigenvalue weighted by Crippen LogP contribution is -2.45. The van der Waals surface area contributed by atoms with Crippen molar-refractivity contribution in [3.63, 3.8) is 0 Å². The third-order valence-electron chi connectivity index (χ3n) is 3.17. The van der Waals surface area contributed by atoms with Crippen molar-refractivity contribution in [2.75, 3.05) is 17.6 Å². The summed E-state index contributed by atoms with van der Waals surface area (Å²) in [6.45, 7) is 8.93. The van der Waals surface area contributed by atoms with Crippen LogP contribution in [0.1, 0.15) is 27.7 Å². The van der Waals surface area contributed by atoms with Gasteiger partial charge in [-0.25, -0.2) is 0 Å². The molecular weight excluding hydrogens is 262 g/mol. The highest BCUT2D eigenvalue weighted by atomic mass is 35.5. The number of benzene rings is 1. The van der Waals surface area contributed by atoms with E-state index in [1.165, 1.54) is 0 Å². The fourth-order valence-corrected chi connectivity index (χ4v) is 2.22. The third kappa shape index (κ3) is 4.11. The van der Waals surface area contributed by atoms with Gasteiger partial charge in [-0.2, -0.15) is 0 Å². The van der Waals surface area contributed by atoms with Crippen molar-refractivity contribution in [2.45, 2.75) is 39.8 Å². The molecule has 0 fully saturated rings. The number of rotatable bonds is 5. The second-order valence-electron chi connectivity index (χ2n) is 4.83. The normalized spacial score (nSPS) is 12.8. The van der Waals surface area contributed by atoms with Gasteiger partial charge in [0.2, 0.25) is 5.91 Å². The molecule has 3 N–H and O–H groups in total. The van der Waals surface area contributed by atoms with E-state index < -0.39 is 0 Å². The van der Waals surface area contributed by atoms with Gasteiger partial charge >= 0.3 is 0 Å². The number of hydrogen-bond donors (Lipinski definition) is 2. The maximum Gasteiger partial charge on any atom is 0.241 e. The molecule has 0 saturated heterocycles. The molecule has 0 heterocycles. The SMILES string of the molecule is CCN(C(C)C)C(C)C(=O)Nc1ccc(Cl)c(N)c1. The fourth-order valence-electron chi connectivity index (χ4n) is 2.11. The predicted octanol–water partition coefficient (Wildman–Crippen LogP) is 2.98. The third-order valence-corrected chi connectivity index (χ3v) is 3.51. The number of halogens is 1. The van der Waals surface area contributed by atoms with Gasteiger partial charge in [0.1, 0.15) is 0 Å². The number of amides is 1. The van der Waals surface area contributed by atoms with Gasteiger partial charge in [-0.1, -0.05) is 18.5 Å².